The molecule has 0 aliphatic rings. The largest absolute Gasteiger partial charge is 0.484 e. The van der Waals surface area contributed by atoms with Gasteiger partial charge in [-0.3, -0.25) is 9.59 Å². The maximum Gasteiger partial charge on any atom is 0.261 e. The molecule has 0 aromatic heterocycles. The van der Waals surface area contributed by atoms with Crippen LogP contribution < -0.4 is 10.1 Å². The van der Waals surface area contributed by atoms with Crippen LogP contribution in [-0.2, 0) is 16.1 Å². The maximum absolute atomic E-state index is 13.3. The first kappa shape index (κ1) is 25.4. The minimum atomic E-state index is -0.552. The molecular formula is C27H38N2O3. The van der Waals surface area contributed by atoms with E-state index in [0.717, 1.165) is 17.5 Å². The molecule has 1 N–H and O–H groups in total. The van der Waals surface area contributed by atoms with Crippen molar-refractivity contribution < 1.29 is 14.3 Å². The topological polar surface area (TPSA) is 58.6 Å². The number of ether oxygens (including phenoxy) is 1. The Labute approximate surface area is 193 Å². The molecule has 5 nitrogen and oxygen atoms in total. The summed E-state index contributed by atoms with van der Waals surface area (Å²) in [6.07, 6.45) is 1.37. The van der Waals surface area contributed by atoms with Crippen LogP contribution in [0.25, 0.3) is 0 Å². The van der Waals surface area contributed by atoms with Crippen molar-refractivity contribution >= 4 is 11.8 Å². The minimum Gasteiger partial charge on any atom is -0.484 e. The van der Waals surface area contributed by atoms with Crippen LogP contribution in [0.1, 0.15) is 70.1 Å². The Bertz CT molecular complexity index is 877. The third kappa shape index (κ3) is 7.40. The lowest BCUT2D eigenvalue weighted by Crippen LogP contribution is -2.51. The molecule has 0 aliphatic carbocycles. The second kappa shape index (κ2) is 12.3. The average Bonchev–Trinajstić information content (AvgIpc) is 2.77. The molecule has 2 atom stereocenters. The number of carbonyl (C=O) groups is 2. The van der Waals surface area contributed by atoms with Crippen molar-refractivity contribution in [2.45, 2.75) is 78.9 Å². The van der Waals surface area contributed by atoms with E-state index in [4.69, 9.17) is 4.74 Å². The van der Waals surface area contributed by atoms with Crippen LogP contribution in [0.4, 0.5) is 0 Å². The molecule has 2 amide bonds. The van der Waals surface area contributed by atoms with Crippen molar-refractivity contribution in [3.8, 4) is 5.75 Å². The highest BCUT2D eigenvalue weighted by atomic mass is 16.5. The Morgan fingerprint density at radius 2 is 1.69 bits per heavy atom. The van der Waals surface area contributed by atoms with Gasteiger partial charge >= 0.3 is 0 Å². The molecular weight excluding hydrogens is 400 g/mol. The van der Waals surface area contributed by atoms with Gasteiger partial charge < -0.3 is 15.0 Å². The number of nitrogens with one attached hydrogen (secondary N) is 1. The summed E-state index contributed by atoms with van der Waals surface area (Å²) in [5.41, 5.74) is 3.33. The molecule has 0 radical (unpaired) electrons. The number of hydrogen-bond acceptors (Lipinski definition) is 3. The Morgan fingerprint density at radius 3 is 2.25 bits per heavy atom. The van der Waals surface area contributed by atoms with Gasteiger partial charge in [0, 0.05) is 12.6 Å². The summed E-state index contributed by atoms with van der Waals surface area (Å²) < 4.78 is 5.80. The maximum atomic E-state index is 13.3. The number of amides is 2. The van der Waals surface area contributed by atoms with Gasteiger partial charge in [-0.15, -0.1) is 0 Å². The Morgan fingerprint density at radius 1 is 1.00 bits per heavy atom. The van der Waals surface area contributed by atoms with Gasteiger partial charge in [-0.25, -0.2) is 0 Å². The highest BCUT2D eigenvalue weighted by Gasteiger charge is 2.29. The van der Waals surface area contributed by atoms with Gasteiger partial charge in [-0.2, -0.15) is 0 Å². The SMILES string of the molecule is CCC(C)NC(=O)C(CC)N(Cc1cccc(C)c1)C(=O)COc1ccc(C(C)C)cc1. The van der Waals surface area contributed by atoms with Gasteiger partial charge in [0.25, 0.3) is 5.91 Å². The van der Waals surface area contributed by atoms with Crippen LogP contribution >= 0.6 is 0 Å². The fourth-order valence-electron chi connectivity index (χ4n) is 3.54. The molecule has 0 bridgehead atoms. The molecule has 0 saturated carbocycles. The zero-order valence-electron chi connectivity index (χ0n) is 20.4. The van der Waals surface area contributed by atoms with E-state index < -0.39 is 6.04 Å². The quantitative estimate of drug-likeness (QED) is 0.523. The standard InChI is InChI=1S/C27H38N2O3/c1-7-21(6)28-27(31)25(8-2)29(17-22-11-9-10-20(5)16-22)26(30)18-32-24-14-12-23(13-15-24)19(3)4/h9-16,19,21,25H,7-8,17-18H2,1-6H3,(H,28,31). The zero-order valence-corrected chi connectivity index (χ0v) is 20.4. The number of carbonyl (C=O) groups excluding carboxylic acids is 2. The number of benzene rings is 2. The van der Waals surface area contributed by atoms with Crippen molar-refractivity contribution in [2.75, 3.05) is 6.61 Å². The molecule has 0 aliphatic heterocycles. The van der Waals surface area contributed by atoms with Crippen LogP contribution in [0.15, 0.2) is 48.5 Å². The first-order chi connectivity index (χ1) is 15.2. The third-order valence-corrected chi connectivity index (χ3v) is 5.73. The second-order valence-electron chi connectivity index (χ2n) is 8.77. The van der Waals surface area contributed by atoms with E-state index in [0.29, 0.717) is 24.6 Å². The van der Waals surface area contributed by atoms with Crippen LogP contribution in [0.3, 0.4) is 0 Å². The summed E-state index contributed by atoms with van der Waals surface area (Å²) in [7, 11) is 0. The predicted molar refractivity (Wildman–Crippen MR) is 130 cm³/mol. The lowest BCUT2D eigenvalue weighted by molar-refractivity contribution is -0.143. The molecule has 32 heavy (non-hydrogen) atoms. The lowest BCUT2D eigenvalue weighted by Gasteiger charge is -2.31. The second-order valence-corrected chi connectivity index (χ2v) is 8.77. The fraction of sp³-hybridized carbons (Fsp3) is 0.481. The highest BCUT2D eigenvalue weighted by Crippen LogP contribution is 2.19. The molecule has 2 rings (SSSR count). The summed E-state index contributed by atoms with van der Waals surface area (Å²) in [6.45, 7) is 12.5. The first-order valence-corrected chi connectivity index (χ1v) is 11.6. The van der Waals surface area contributed by atoms with Gasteiger partial charge in [0.1, 0.15) is 11.8 Å². The van der Waals surface area contributed by atoms with Crippen molar-refractivity contribution in [2.24, 2.45) is 0 Å². The van der Waals surface area contributed by atoms with Crippen LogP contribution in [0, 0.1) is 6.92 Å². The van der Waals surface area contributed by atoms with E-state index in [-0.39, 0.29) is 24.5 Å². The molecule has 0 fully saturated rings. The van der Waals surface area contributed by atoms with Gasteiger partial charge in [0.15, 0.2) is 6.61 Å². The van der Waals surface area contributed by atoms with E-state index in [2.05, 4.69) is 19.2 Å². The average molecular weight is 439 g/mol. The number of hydrogen-bond donors (Lipinski definition) is 1. The van der Waals surface area contributed by atoms with Crippen molar-refractivity contribution in [1.82, 2.24) is 10.2 Å². The van der Waals surface area contributed by atoms with E-state index in [9.17, 15) is 9.59 Å². The van der Waals surface area contributed by atoms with Crippen molar-refractivity contribution in [1.29, 1.82) is 0 Å². The third-order valence-electron chi connectivity index (χ3n) is 5.73. The Kier molecular flexibility index (Phi) is 9.76. The van der Waals surface area contributed by atoms with Gasteiger partial charge in [-0.1, -0.05) is 69.7 Å². The molecule has 2 aromatic rings. The zero-order chi connectivity index (χ0) is 23.7. The van der Waals surface area contributed by atoms with Crippen LogP contribution in [0.5, 0.6) is 5.75 Å². The normalized spacial score (nSPS) is 12.8. The van der Waals surface area contributed by atoms with Gasteiger partial charge in [0.2, 0.25) is 5.91 Å². The first-order valence-electron chi connectivity index (χ1n) is 11.6. The molecule has 0 heterocycles. The monoisotopic (exact) mass is 438 g/mol. The number of rotatable bonds is 11. The minimum absolute atomic E-state index is 0.0585. The van der Waals surface area contributed by atoms with E-state index in [1.165, 1.54) is 5.56 Å². The molecule has 2 unspecified atom stereocenters. The summed E-state index contributed by atoms with van der Waals surface area (Å²) >= 11 is 0. The van der Waals surface area contributed by atoms with Crippen molar-refractivity contribution in [3.63, 3.8) is 0 Å². The lowest BCUT2D eigenvalue weighted by atomic mass is 10.0. The molecule has 2 aromatic carbocycles. The number of aryl methyl sites for hydroxylation is 1. The molecule has 0 saturated heterocycles. The predicted octanol–water partition coefficient (Wildman–Crippen LogP) is 5.22. The summed E-state index contributed by atoms with van der Waals surface area (Å²) in [5, 5.41) is 3.03. The number of nitrogens with zero attached hydrogens (tertiary/aromatic N) is 1. The van der Waals surface area contributed by atoms with E-state index in [1.54, 1.807) is 4.90 Å². The summed E-state index contributed by atoms with van der Waals surface area (Å²) in [5.74, 6) is 0.759. The van der Waals surface area contributed by atoms with Gasteiger partial charge in [0.05, 0.1) is 0 Å². The molecule has 0 spiro atoms. The molecule has 5 heteroatoms. The van der Waals surface area contributed by atoms with Crippen LogP contribution in [0.2, 0.25) is 0 Å². The van der Waals surface area contributed by atoms with Crippen molar-refractivity contribution in [3.05, 3.63) is 65.2 Å². The van der Waals surface area contributed by atoms with Gasteiger partial charge in [-0.05, 0) is 55.9 Å². The van der Waals surface area contributed by atoms with E-state index >= 15 is 0 Å². The van der Waals surface area contributed by atoms with E-state index in [1.807, 2.05) is 76.2 Å². The Hall–Kier alpha value is -2.82. The fourth-order valence-corrected chi connectivity index (χ4v) is 3.54. The summed E-state index contributed by atoms with van der Waals surface area (Å²) in [6, 6.07) is 15.3. The summed E-state index contributed by atoms with van der Waals surface area (Å²) in [4.78, 5) is 27.9. The highest BCUT2D eigenvalue weighted by molar-refractivity contribution is 5.88. The van der Waals surface area contributed by atoms with Crippen LogP contribution in [-0.4, -0.2) is 35.4 Å². The Balaban J connectivity index is 2.19. The molecule has 174 valence electrons. The smallest absolute Gasteiger partial charge is 0.261 e.